The normalized spacial score (nSPS) is 48.2. The van der Waals surface area contributed by atoms with E-state index in [0.29, 0.717) is 11.9 Å². The summed E-state index contributed by atoms with van der Waals surface area (Å²) < 4.78 is 5.49. The zero-order chi connectivity index (χ0) is 8.06. The minimum Gasteiger partial charge on any atom is -0.366 e. The first-order valence-electron chi connectivity index (χ1n) is 4.30. The largest absolute Gasteiger partial charge is 0.366 e. The molecular weight excluding hydrogens is 140 g/mol. The SMILES string of the molecule is CC(=O)[C@H]1CC[C@]2(C)O[C@H]2C1. The Balaban J connectivity index is 1.98. The maximum Gasteiger partial charge on any atom is 0.133 e. The highest BCUT2D eigenvalue weighted by atomic mass is 16.6. The smallest absolute Gasteiger partial charge is 0.133 e. The Hall–Kier alpha value is -0.370. The number of epoxide rings is 1. The van der Waals surface area contributed by atoms with E-state index in [1.54, 1.807) is 6.92 Å². The lowest BCUT2D eigenvalue weighted by Crippen LogP contribution is -2.25. The monoisotopic (exact) mass is 154 g/mol. The van der Waals surface area contributed by atoms with Crippen LogP contribution in [-0.4, -0.2) is 17.5 Å². The van der Waals surface area contributed by atoms with E-state index in [1.165, 1.54) is 0 Å². The van der Waals surface area contributed by atoms with Gasteiger partial charge in [0.15, 0.2) is 0 Å². The van der Waals surface area contributed by atoms with E-state index in [4.69, 9.17) is 4.74 Å². The predicted octanol–water partition coefficient (Wildman–Crippen LogP) is 1.53. The highest BCUT2D eigenvalue weighted by molar-refractivity contribution is 5.78. The van der Waals surface area contributed by atoms with Gasteiger partial charge in [-0.25, -0.2) is 0 Å². The maximum absolute atomic E-state index is 11.0. The predicted molar refractivity (Wildman–Crippen MR) is 41.3 cm³/mol. The maximum atomic E-state index is 11.0. The molecule has 11 heavy (non-hydrogen) atoms. The van der Waals surface area contributed by atoms with Crippen LogP contribution in [0.15, 0.2) is 0 Å². The van der Waals surface area contributed by atoms with Crippen LogP contribution in [0.5, 0.6) is 0 Å². The number of rotatable bonds is 1. The summed E-state index contributed by atoms with van der Waals surface area (Å²) in [6.45, 7) is 3.84. The zero-order valence-corrected chi connectivity index (χ0v) is 7.09. The van der Waals surface area contributed by atoms with E-state index >= 15 is 0 Å². The summed E-state index contributed by atoms with van der Waals surface area (Å²) in [6, 6.07) is 0. The molecule has 0 N–H and O–H groups in total. The highest BCUT2D eigenvalue weighted by Crippen LogP contribution is 2.49. The molecule has 0 amide bonds. The van der Waals surface area contributed by atoms with Crippen molar-refractivity contribution in [1.29, 1.82) is 0 Å². The Kier molecular flexibility index (Phi) is 1.37. The second kappa shape index (κ2) is 2.07. The Bertz CT molecular complexity index is 200. The average molecular weight is 154 g/mol. The molecule has 2 heteroatoms. The van der Waals surface area contributed by atoms with Crippen molar-refractivity contribution >= 4 is 5.78 Å². The summed E-state index contributed by atoms with van der Waals surface area (Å²) in [5, 5.41) is 0. The number of hydrogen-bond donors (Lipinski definition) is 0. The van der Waals surface area contributed by atoms with Crippen molar-refractivity contribution < 1.29 is 9.53 Å². The summed E-state index contributed by atoms with van der Waals surface area (Å²) in [4.78, 5) is 11.0. The Morgan fingerprint density at radius 3 is 2.91 bits per heavy atom. The molecule has 1 saturated heterocycles. The third kappa shape index (κ3) is 1.09. The Labute approximate surface area is 66.9 Å². The van der Waals surface area contributed by atoms with Crippen LogP contribution in [0.1, 0.15) is 33.1 Å². The lowest BCUT2D eigenvalue weighted by atomic mass is 9.81. The molecule has 0 radical (unpaired) electrons. The number of fused-ring (bicyclic) bond motifs is 1. The molecule has 2 rings (SSSR count). The van der Waals surface area contributed by atoms with E-state index in [0.717, 1.165) is 19.3 Å². The summed E-state index contributed by atoms with van der Waals surface area (Å²) >= 11 is 0. The molecule has 62 valence electrons. The molecule has 0 bridgehead atoms. The zero-order valence-electron chi connectivity index (χ0n) is 7.09. The van der Waals surface area contributed by atoms with Crippen LogP contribution in [0.4, 0.5) is 0 Å². The molecule has 0 aromatic rings. The second-order valence-corrected chi connectivity index (χ2v) is 4.00. The van der Waals surface area contributed by atoms with Gasteiger partial charge in [0.2, 0.25) is 0 Å². The molecule has 0 aromatic heterocycles. The number of hydrogen-bond acceptors (Lipinski definition) is 2. The van der Waals surface area contributed by atoms with Crippen LogP contribution >= 0.6 is 0 Å². The van der Waals surface area contributed by atoms with Gasteiger partial charge >= 0.3 is 0 Å². The topological polar surface area (TPSA) is 29.6 Å². The first-order chi connectivity index (χ1) is 5.12. The van der Waals surface area contributed by atoms with Gasteiger partial charge in [0, 0.05) is 5.92 Å². The van der Waals surface area contributed by atoms with Gasteiger partial charge in [-0.05, 0) is 33.1 Å². The molecule has 0 spiro atoms. The molecule has 2 nitrogen and oxygen atoms in total. The van der Waals surface area contributed by atoms with Crippen molar-refractivity contribution in [2.45, 2.75) is 44.8 Å². The molecule has 3 atom stereocenters. The van der Waals surface area contributed by atoms with Gasteiger partial charge in [0.25, 0.3) is 0 Å². The molecule has 1 aliphatic heterocycles. The van der Waals surface area contributed by atoms with Crippen molar-refractivity contribution in [2.75, 3.05) is 0 Å². The molecule has 1 aliphatic carbocycles. The molecule has 2 aliphatic rings. The first-order valence-corrected chi connectivity index (χ1v) is 4.30. The Morgan fingerprint density at radius 1 is 1.64 bits per heavy atom. The van der Waals surface area contributed by atoms with Gasteiger partial charge in [-0.2, -0.15) is 0 Å². The molecule has 0 unspecified atom stereocenters. The lowest BCUT2D eigenvalue weighted by molar-refractivity contribution is -0.121. The van der Waals surface area contributed by atoms with Crippen molar-refractivity contribution in [3.05, 3.63) is 0 Å². The van der Waals surface area contributed by atoms with Gasteiger partial charge in [-0.3, -0.25) is 4.79 Å². The van der Waals surface area contributed by atoms with Gasteiger partial charge in [-0.1, -0.05) is 0 Å². The number of carbonyl (C=O) groups is 1. The van der Waals surface area contributed by atoms with Gasteiger partial charge in [-0.15, -0.1) is 0 Å². The molecule has 0 aromatic carbocycles. The molecule has 2 fully saturated rings. The minimum atomic E-state index is 0.159. The van der Waals surface area contributed by atoms with Crippen LogP contribution in [0.2, 0.25) is 0 Å². The van der Waals surface area contributed by atoms with E-state index in [-0.39, 0.29) is 11.5 Å². The summed E-state index contributed by atoms with van der Waals surface area (Å²) in [7, 11) is 0. The van der Waals surface area contributed by atoms with E-state index in [1.807, 2.05) is 0 Å². The summed E-state index contributed by atoms with van der Waals surface area (Å²) in [5.41, 5.74) is 0.159. The standard InChI is InChI=1S/C9H14O2/c1-6(10)7-3-4-9(2)8(5-7)11-9/h7-8H,3-5H2,1-2H3/t7-,8-,9-/m0/s1. The third-order valence-electron chi connectivity index (χ3n) is 3.10. The third-order valence-corrected chi connectivity index (χ3v) is 3.10. The fraction of sp³-hybridized carbons (Fsp3) is 0.889. The van der Waals surface area contributed by atoms with Crippen LogP contribution in [0, 0.1) is 5.92 Å². The molecular formula is C9H14O2. The summed E-state index contributed by atoms with van der Waals surface area (Å²) in [6.07, 6.45) is 3.46. The average Bonchev–Trinajstić information content (AvgIpc) is 2.58. The molecule has 1 heterocycles. The number of ether oxygens (including phenoxy) is 1. The van der Waals surface area contributed by atoms with Crippen molar-refractivity contribution in [1.82, 2.24) is 0 Å². The Morgan fingerprint density at radius 2 is 2.36 bits per heavy atom. The van der Waals surface area contributed by atoms with E-state index in [9.17, 15) is 4.79 Å². The van der Waals surface area contributed by atoms with Crippen LogP contribution in [0.3, 0.4) is 0 Å². The number of Topliss-reactive ketones (excluding diaryl/α,β-unsaturated/α-hetero) is 1. The minimum absolute atomic E-state index is 0.159. The van der Waals surface area contributed by atoms with Gasteiger partial charge in [0.1, 0.15) is 5.78 Å². The van der Waals surface area contributed by atoms with Crippen LogP contribution in [-0.2, 0) is 9.53 Å². The van der Waals surface area contributed by atoms with Crippen molar-refractivity contribution in [3.8, 4) is 0 Å². The van der Waals surface area contributed by atoms with E-state index < -0.39 is 0 Å². The highest BCUT2D eigenvalue weighted by Gasteiger charge is 2.55. The van der Waals surface area contributed by atoms with Crippen molar-refractivity contribution in [2.24, 2.45) is 5.92 Å². The van der Waals surface area contributed by atoms with Crippen molar-refractivity contribution in [3.63, 3.8) is 0 Å². The van der Waals surface area contributed by atoms with Gasteiger partial charge in [0.05, 0.1) is 11.7 Å². The summed E-state index contributed by atoms with van der Waals surface area (Å²) in [5.74, 6) is 0.623. The number of carbonyl (C=O) groups excluding carboxylic acids is 1. The fourth-order valence-electron chi connectivity index (χ4n) is 2.01. The van der Waals surface area contributed by atoms with Crippen LogP contribution in [0.25, 0.3) is 0 Å². The lowest BCUT2D eigenvalue weighted by Gasteiger charge is -2.19. The quantitative estimate of drug-likeness (QED) is 0.536. The first kappa shape index (κ1) is 7.29. The van der Waals surface area contributed by atoms with E-state index in [2.05, 4.69) is 6.92 Å². The number of ketones is 1. The molecule has 1 saturated carbocycles. The van der Waals surface area contributed by atoms with Crippen LogP contribution < -0.4 is 0 Å². The second-order valence-electron chi connectivity index (χ2n) is 4.00. The fourth-order valence-corrected chi connectivity index (χ4v) is 2.01. The van der Waals surface area contributed by atoms with Gasteiger partial charge < -0.3 is 4.74 Å².